The first-order valence-corrected chi connectivity index (χ1v) is 5.60. The molecule has 5 heteroatoms. The van der Waals surface area contributed by atoms with Crippen LogP contribution in [0.25, 0.3) is 11.0 Å². The highest BCUT2D eigenvalue weighted by Crippen LogP contribution is 2.30. The smallest absolute Gasteiger partial charge is 0.339 e. The first-order chi connectivity index (χ1) is 8.63. The second kappa shape index (κ2) is 5.10. The fraction of sp³-hybridized carbons (Fsp3) is 0.308. The molecule has 1 N–H and O–H groups in total. The summed E-state index contributed by atoms with van der Waals surface area (Å²) in [5.74, 6) is 0.463. The molecule has 0 aliphatic carbocycles. The normalized spacial score (nSPS) is 10.8. The van der Waals surface area contributed by atoms with Gasteiger partial charge in [0.05, 0.1) is 11.5 Å². The number of aryl methyl sites for hydroxylation is 1. The molecule has 1 aromatic carbocycles. The van der Waals surface area contributed by atoms with Gasteiger partial charge < -0.3 is 19.0 Å². The predicted octanol–water partition coefficient (Wildman–Crippen LogP) is 2.18. The zero-order chi connectivity index (χ0) is 13.1. The summed E-state index contributed by atoms with van der Waals surface area (Å²) in [5.41, 5.74) is 0.388. The molecule has 0 spiro atoms. The van der Waals surface area contributed by atoms with Crippen molar-refractivity contribution in [3.63, 3.8) is 0 Å². The number of hydrogen-bond acceptors (Lipinski definition) is 5. The van der Waals surface area contributed by atoms with Gasteiger partial charge in [0.25, 0.3) is 0 Å². The molecule has 0 unspecified atom stereocenters. The van der Waals surface area contributed by atoms with Crippen molar-refractivity contribution < 1.29 is 19.0 Å². The van der Waals surface area contributed by atoms with E-state index in [4.69, 9.17) is 13.9 Å². The quantitative estimate of drug-likeness (QED) is 0.511. The molecule has 1 aromatic heterocycles. The van der Waals surface area contributed by atoms with E-state index in [0.717, 1.165) is 6.07 Å². The lowest BCUT2D eigenvalue weighted by molar-refractivity contribution is 0.0220. The van der Waals surface area contributed by atoms with Gasteiger partial charge in [-0.25, -0.2) is 4.79 Å². The van der Waals surface area contributed by atoms with Gasteiger partial charge in [0, 0.05) is 12.2 Å². The van der Waals surface area contributed by atoms with Gasteiger partial charge in [0.15, 0.2) is 6.79 Å². The molecule has 5 nitrogen and oxygen atoms in total. The average Bonchev–Trinajstić information content (AvgIpc) is 2.33. The van der Waals surface area contributed by atoms with E-state index < -0.39 is 5.63 Å². The van der Waals surface area contributed by atoms with Crippen molar-refractivity contribution in [1.82, 2.24) is 0 Å². The second-order valence-electron chi connectivity index (χ2n) is 3.77. The molecular weight excluding hydrogens is 236 g/mol. The molecule has 0 fully saturated rings. The summed E-state index contributed by atoms with van der Waals surface area (Å²) >= 11 is 0. The molecule has 0 radical (unpaired) electrons. The van der Waals surface area contributed by atoms with Crippen LogP contribution >= 0.6 is 0 Å². The highest BCUT2D eigenvalue weighted by molar-refractivity contribution is 5.86. The van der Waals surface area contributed by atoms with Crippen LogP contribution < -0.4 is 10.4 Å². The van der Waals surface area contributed by atoms with Gasteiger partial charge in [-0.05, 0) is 26.0 Å². The lowest BCUT2D eigenvalue weighted by Crippen LogP contribution is -2.04. The van der Waals surface area contributed by atoms with Crippen molar-refractivity contribution in [3.05, 3.63) is 34.2 Å². The molecule has 18 heavy (non-hydrogen) atoms. The van der Waals surface area contributed by atoms with E-state index in [2.05, 4.69) is 0 Å². The largest absolute Gasteiger partial charge is 0.507 e. The van der Waals surface area contributed by atoms with E-state index >= 15 is 0 Å². The maximum atomic E-state index is 11.2. The Morgan fingerprint density at radius 2 is 2.17 bits per heavy atom. The zero-order valence-electron chi connectivity index (χ0n) is 10.2. The van der Waals surface area contributed by atoms with Crippen molar-refractivity contribution in [2.24, 2.45) is 0 Å². The highest BCUT2D eigenvalue weighted by atomic mass is 16.7. The fourth-order valence-electron chi connectivity index (χ4n) is 1.67. The van der Waals surface area contributed by atoms with Crippen LogP contribution in [0.4, 0.5) is 0 Å². The maximum Gasteiger partial charge on any atom is 0.339 e. The lowest BCUT2D eigenvalue weighted by Gasteiger charge is -2.10. The molecule has 0 saturated carbocycles. The van der Waals surface area contributed by atoms with Crippen molar-refractivity contribution >= 4 is 11.0 Å². The Balaban J connectivity index is 2.46. The summed E-state index contributed by atoms with van der Waals surface area (Å²) in [7, 11) is 0. The third-order valence-electron chi connectivity index (χ3n) is 2.59. The summed E-state index contributed by atoms with van der Waals surface area (Å²) in [5, 5.41) is 10.1. The number of ether oxygens (including phenoxy) is 2. The first kappa shape index (κ1) is 12.4. The van der Waals surface area contributed by atoms with Gasteiger partial charge in [-0.1, -0.05) is 0 Å². The van der Waals surface area contributed by atoms with Crippen LogP contribution in [0.1, 0.15) is 12.5 Å². The third kappa shape index (κ3) is 2.31. The van der Waals surface area contributed by atoms with Gasteiger partial charge in [0.2, 0.25) is 0 Å². The zero-order valence-corrected chi connectivity index (χ0v) is 10.2. The van der Waals surface area contributed by atoms with Crippen molar-refractivity contribution in [2.75, 3.05) is 13.4 Å². The van der Waals surface area contributed by atoms with Gasteiger partial charge in [0.1, 0.15) is 17.1 Å². The molecule has 2 rings (SSSR count). The molecule has 2 aromatic rings. The summed E-state index contributed by atoms with van der Waals surface area (Å²) in [6.45, 7) is 4.31. The molecular formula is C13H14O5. The highest BCUT2D eigenvalue weighted by Gasteiger charge is 2.11. The minimum absolute atomic E-state index is 0.0966. The van der Waals surface area contributed by atoms with E-state index in [1.165, 1.54) is 0 Å². The summed E-state index contributed by atoms with van der Waals surface area (Å²) in [4.78, 5) is 11.2. The molecule has 0 aliphatic rings. The maximum absolute atomic E-state index is 11.2. The van der Waals surface area contributed by atoms with Gasteiger partial charge in [-0.15, -0.1) is 0 Å². The Kier molecular flexibility index (Phi) is 3.53. The van der Waals surface area contributed by atoms with Crippen LogP contribution in [-0.4, -0.2) is 18.5 Å². The molecule has 0 saturated heterocycles. The number of rotatable bonds is 4. The van der Waals surface area contributed by atoms with E-state index in [1.54, 1.807) is 19.1 Å². The van der Waals surface area contributed by atoms with Crippen LogP contribution in [0.5, 0.6) is 11.5 Å². The number of hydrogen-bond donors (Lipinski definition) is 1. The average molecular weight is 250 g/mol. The minimum atomic E-state index is -0.593. The van der Waals surface area contributed by atoms with E-state index in [0.29, 0.717) is 28.9 Å². The summed E-state index contributed by atoms with van der Waals surface area (Å²) < 4.78 is 15.6. The van der Waals surface area contributed by atoms with Crippen LogP contribution in [-0.2, 0) is 4.74 Å². The van der Waals surface area contributed by atoms with Crippen LogP contribution in [0.2, 0.25) is 0 Å². The van der Waals surface area contributed by atoms with Crippen molar-refractivity contribution in [1.29, 1.82) is 0 Å². The van der Waals surface area contributed by atoms with Gasteiger partial charge in [-0.3, -0.25) is 0 Å². The van der Waals surface area contributed by atoms with Gasteiger partial charge >= 0.3 is 5.63 Å². The number of aromatic hydroxyl groups is 1. The van der Waals surface area contributed by atoms with Crippen LogP contribution in [0.3, 0.4) is 0 Å². The predicted molar refractivity (Wildman–Crippen MR) is 66.0 cm³/mol. The topological polar surface area (TPSA) is 68.9 Å². The fourth-order valence-corrected chi connectivity index (χ4v) is 1.67. The minimum Gasteiger partial charge on any atom is -0.507 e. The number of benzene rings is 1. The van der Waals surface area contributed by atoms with Gasteiger partial charge in [-0.2, -0.15) is 0 Å². The Morgan fingerprint density at radius 1 is 1.39 bits per heavy atom. The standard InChI is InChI=1S/C13H14O5/c1-3-16-7-17-11-5-4-9-10(14)6-12(15)18-13(9)8(11)2/h4-6,14H,3,7H2,1-2H3. The Hall–Kier alpha value is -2.01. The van der Waals surface area contributed by atoms with Crippen LogP contribution in [0, 0.1) is 6.92 Å². The Bertz CT molecular complexity index is 615. The van der Waals surface area contributed by atoms with Crippen molar-refractivity contribution in [3.8, 4) is 11.5 Å². The molecule has 1 heterocycles. The number of fused-ring (bicyclic) bond motifs is 1. The molecule has 0 amide bonds. The lowest BCUT2D eigenvalue weighted by atomic mass is 10.1. The monoisotopic (exact) mass is 250 g/mol. The first-order valence-electron chi connectivity index (χ1n) is 5.60. The molecule has 96 valence electrons. The van der Waals surface area contributed by atoms with E-state index in [-0.39, 0.29) is 12.5 Å². The van der Waals surface area contributed by atoms with Crippen molar-refractivity contribution in [2.45, 2.75) is 13.8 Å². The second-order valence-corrected chi connectivity index (χ2v) is 3.77. The Labute approximate surface area is 104 Å². The summed E-state index contributed by atoms with van der Waals surface area (Å²) in [6, 6.07) is 4.39. The van der Waals surface area contributed by atoms with E-state index in [1.807, 2.05) is 6.92 Å². The van der Waals surface area contributed by atoms with Crippen LogP contribution in [0.15, 0.2) is 27.4 Å². The molecule has 0 bridgehead atoms. The summed E-state index contributed by atoms with van der Waals surface area (Å²) in [6.07, 6.45) is 0. The molecule has 0 atom stereocenters. The Morgan fingerprint density at radius 3 is 2.89 bits per heavy atom. The third-order valence-corrected chi connectivity index (χ3v) is 2.59. The van der Waals surface area contributed by atoms with E-state index in [9.17, 15) is 9.90 Å². The molecule has 0 aliphatic heterocycles. The SMILES string of the molecule is CCOCOc1ccc2c(O)cc(=O)oc2c1C.